The summed E-state index contributed by atoms with van der Waals surface area (Å²) in [6, 6.07) is 32.2. The lowest BCUT2D eigenvalue weighted by molar-refractivity contribution is -0.118. The van der Waals surface area contributed by atoms with Crippen LogP contribution in [0.4, 0.5) is 17.1 Å². The van der Waals surface area contributed by atoms with Crippen LogP contribution in [-0.4, -0.2) is 53.8 Å². The minimum atomic E-state index is -0.839. The highest BCUT2D eigenvalue weighted by atomic mass is 16.5. The molecule has 11 heteroatoms. The van der Waals surface area contributed by atoms with Gasteiger partial charge in [0.15, 0.2) is 12.4 Å². The molecule has 2 heterocycles. The van der Waals surface area contributed by atoms with Crippen molar-refractivity contribution in [3.8, 4) is 28.4 Å². The molecule has 292 valence electrons. The van der Waals surface area contributed by atoms with E-state index in [4.69, 9.17) is 15.2 Å². The quantitative estimate of drug-likeness (QED) is 0.0427. The number of anilines is 3. The number of aromatic hydroxyl groups is 1. The molecule has 0 fully saturated rings. The van der Waals surface area contributed by atoms with E-state index in [9.17, 15) is 19.8 Å². The zero-order chi connectivity index (χ0) is 39.9. The first kappa shape index (κ1) is 38.8. The predicted octanol–water partition coefficient (Wildman–Crippen LogP) is 7.72. The standard InChI is InChI=1S/C46H47N5O6/c1-28-20-31(23-37-42(28)49-25-38(46(47)55)43(37)50-34-11-7-12-35(24-34)56-2)21-30-9-6-10-33(22-30)32-15-13-29(14-16-32)8-4-3-5-19-48-26-40(53)36-17-18-39(52)44-45(36)57-27-41(54)51-44/h6-7,9-18,20,22-25,40,48,52-53H,3-5,8,19,21,26-27H2,1-2H3,(H2,47,55)(H,49,50)(H,51,54)/t40-/m0/s1. The third kappa shape index (κ3) is 9.18. The highest BCUT2D eigenvalue weighted by molar-refractivity contribution is 6.08. The first-order valence-corrected chi connectivity index (χ1v) is 19.2. The minimum Gasteiger partial charge on any atom is -0.506 e. The van der Waals surface area contributed by atoms with E-state index in [1.54, 1.807) is 13.2 Å². The van der Waals surface area contributed by atoms with Crippen molar-refractivity contribution in [1.82, 2.24) is 10.3 Å². The van der Waals surface area contributed by atoms with E-state index in [-0.39, 0.29) is 24.0 Å². The number of aliphatic hydroxyl groups is 1. The Morgan fingerprint density at radius 1 is 0.947 bits per heavy atom. The number of rotatable bonds is 16. The molecule has 0 radical (unpaired) electrons. The van der Waals surface area contributed by atoms with Crippen LogP contribution in [0.25, 0.3) is 22.0 Å². The lowest BCUT2D eigenvalue weighted by atomic mass is 9.95. The van der Waals surface area contributed by atoms with Crippen molar-refractivity contribution < 1.29 is 29.3 Å². The molecule has 1 atom stereocenters. The molecule has 1 aromatic heterocycles. The smallest absolute Gasteiger partial charge is 0.262 e. The molecular weight excluding hydrogens is 719 g/mol. The average Bonchev–Trinajstić information content (AvgIpc) is 3.21. The monoisotopic (exact) mass is 765 g/mol. The largest absolute Gasteiger partial charge is 0.506 e. The summed E-state index contributed by atoms with van der Waals surface area (Å²) in [5.41, 5.74) is 15.9. The summed E-state index contributed by atoms with van der Waals surface area (Å²) < 4.78 is 10.9. The number of nitrogens with zero attached hydrogens (tertiary/aromatic N) is 1. The third-order valence-corrected chi connectivity index (χ3v) is 10.2. The Morgan fingerprint density at radius 3 is 2.58 bits per heavy atom. The van der Waals surface area contributed by atoms with Gasteiger partial charge < -0.3 is 41.4 Å². The second-order valence-electron chi connectivity index (χ2n) is 14.4. The highest BCUT2D eigenvalue weighted by Gasteiger charge is 2.25. The van der Waals surface area contributed by atoms with Gasteiger partial charge in [0, 0.05) is 35.4 Å². The van der Waals surface area contributed by atoms with Crippen molar-refractivity contribution in [3.05, 3.63) is 137 Å². The van der Waals surface area contributed by atoms with Crippen LogP contribution in [0.1, 0.15) is 63.5 Å². The number of unbranched alkanes of at least 4 members (excludes halogenated alkanes) is 2. The maximum Gasteiger partial charge on any atom is 0.262 e. The van der Waals surface area contributed by atoms with Gasteiger partial charge in [-0.2, -0.15) is 0 Å². The fourth-order valence-electron chi connectivity index (χ4n) is 7.33. The Hall–Kier alpha value is -6.43. The summed E-state index contributed by atoms with van der Waals surface area (Å²) in [4.78, 5) is 28.8. The number of pyridine rings is 1. The number of ether oxygens (including phenoxy) is 2. The van der Waals surface area contributed by atoms with Gasteiger partial charge in [0.05, 0.1) is 30.0 Å². The normalized spacial score (nSPS) is 12.7. The molecule has 7 N–H and O–H groups in total. The van der Waals surface area contributed by atoms with E-state index in [1.807, 2.05) is 31.2 Å². The fourth-order valence-corrected chi connectivity index (χ4v) is 7.33. The predicted molar refractivity (Wildman–Crippen MR) is 224 cm³/mol. The Kier molecular flexibility index (Phi) is 12.0. The molecule has 0 saturated heterocycles. The minimum absolute atomic E-state index is 0.0919. The molecule has 5 aromatic carbocycles. The Morgan fingerprint density at radius 2 is 1.77 bits per heavy atom. The molecule has 1 aliphatic heterocycles. The second kappa shape index (κ2) is 17.6. The molecule has 1 aliphatic rings. The van der Waals surface area contributed by atoms with Crippen LogP contribution in [0.2, 0.25) is 0 Å². The molecule has 0 aliphatic carbocycles. The molecule has 6 aromatic rings. The van der Waals surface area contributed by atoms with E-state index in [2.05, 4.69) is 81.6 Å². The summed E-state index contributed by atoms with van der Waals surface area (Å²) in [6.45, 7) is 2.97. The maximum atomic E-state index is 12.5. The van der Waals surface area contributed by atoms with E-state index in [1.165, 1.54) is 23.4 Å². The maximum absolute atomic E-state index is 12.5. The number of nitrogens with two attached hydrogens (primary N) is 1. The highest BCUT2D eigenvalue weighted by Crippen LogP contribution is 2.41. The molecule has 0 saturated carbocycles. The van der Waals surface area contributed by atoms with Crippen molar-refractivity contribution in [2.45, 2.75) is 45.1 Å². The number of fused-ring (bicyclic) bond motifs is 2. The first-order valence-electron chi connectivity index (χ1n) is 19.2. The third-order valence-electron chi connectivity index (χ3n) is 10.2. The number of benzene rings is 5. The summed E-state index contributed by atoms with van der Waals surface area (Å²) in [5.74, 6) is 0.0196. The van der Waals surface area contributed by atoms with Gasteiger partial charge in [-0.3, -0.25) is 14.6 Å². The molecule has 11 nitrogen and oxygen atoms in total. The van der Waals surface area contributed by atoms with Crippen LogP contribution in [0.3, 0.4) is 0 Å². The number of phenolic OH excluding ortho intramolecular Hbond substituents is 1. The summed E-state index contributed by atoms with van der Waals surface area (Å²) in [5, 5.41) is 31.0. The van der Waals surface area contributed by atoms with Gasteiger partial charge in [-0.1, -0.05) is 67.1 Å². The summed E-state index contributed by atoms with van der Waals surface area (Å²) >= 11 is 0. The van der Waals surface area contributed by atoms with Crippen LogP contribution >= 0.6 is 0 Å². The van der Waals surface area contributed by atoms with Crippen LogP contribution in [0.5, 0.6) is 17.2 Å². The lowest BCUT2D eigenvalue weighted by Crippen LogP contribution is -2.28. The van der Waals surface area contributed by atoms with Crippen molar-refractivity contribution in [2.24, 2.45) is 5.73 Å². The van der Waals surface area contributed by atoms with E-state index in [0.717, 1.165) is 71.1 Å². The van der Waals surface area contributed by atoms with Gasteiger partial charge in [0.2, 0.25) is 0 Å². The van der Waals surface area contributed by atoms with Gasteiger partial charge in [-0.05, 0) is 103 Å². The summed E-state index contributed by atoms with van der Waals surface area (Å²) in [7, 11) is 1.62. The number of carbonyl (C=O) groups excluding carboxylic acids is 2. The van der Waals surface area contributed by atoms with Crippen molar-refractivity contribution in [1.29, 1.82) is 0 Å². The number of primary amides is 1. The zero-order valence-corrected chi connectivity index (χ0v) is 32.1. The number of aryl methyl sites for hydroxylation is 2. The van der Waals surface area contributed by atoms with E-state index >= 15 is 0 Å². The van der Waals surface area contributed by atoms with Crippen molar-refractivity contribution in [3.63, 3.8) is 0 Å². The number of methoxy groups -OCH3 is 1. The van der Waals surface area contributed by atoms with Crippen LogP contribution in [0.15, 0.2) is 103 Å². The summed E-state index contributed by atoms with van der Waals surface area (Å²) in [6.07, 6.45) is 5.44. The van der Waals surface area contributed by atoms with Crippen LogP contribution < -0.4 is 31.2 Å². The van der Waals surface area contributed by atoms with Gasteiger partial charge in [0.25, 0.3) is 11.8 Å². The van der Waals surface area contributed by atoms with Gasteiger partial charge >= 0.3 is 0 Å². The van der Waals surface area contributed by atoms with Crippen LogP contribution in [-0.2, 0) is 17.6 Å². The first-order chi connectivity index (χ1) is 27.7. The number of hydrogen-bond acceptors (Lipinski definition) is 9. The molecular formula is C46H47N5O6. The molecule has 2 amide bonds. The number of nitrogens with one attached hydrogen (secondary N) is 3. The topological polar surface area (TPSA) is 168 Å². The molecule has 0 bridgehead atoms. The molecule has 0 spiro atoms. The lowest BCUT2D eigenvalue weighted by Gasteiger charge is -2.23. The zero-order valence-electron chi connectivity index (χ0n) is 32.1. The number of phenols is 1. The van der Waals surface area contributed by atoms with E-state index in [0.29, 0.717) is 41.3 Å². The average molecular weight is 766 g/mol. The van der Waals surface area contributed by atoms with Gasteiger partial charge in [-0.25, -0.2) is 0 Å². The van der Waals surface area contributed by atoms with Crippen LogP contribution in [0, 0.1) is 6.92 Å². The molecule has 57 heavy (non-hydrogen) atoms. The molecule has 7 rings (SSSR count). The number of aromatic nitrogens is 1. The fraction of sp³-hybridized carbons (Fsp3) is 0.239. The Balaban J connectivity index is 0.936. The molecule has 0 unspecified atom stereocenters. The Bertz CT molecular complexity index is 2410. The van der Waals surface area contributed by atoms with Crippen molar-refractivity contribution in [2.75, 3.05) is 37.4 Å². The number of carbonyl (C=O) groups is 2. The van der Waals surface area contributed by atoms with Gasteiger partial charge in [-0.15, -0.1) is 0 Å². The SMILES string of the molecule is COc1cccc(Nc2c(C(N)=O)cnc3c(C)cc(Cc4cccc(-c5ccc(CCCCCNC[C@H](O)c6ccc(O)c7c6OCC(=O)N7)cc5)c4)cc23)c1. The second-order valence-corrected chi connectivity index (χ2v) is 14.4. The van der Waals surface area contributed by atoms with Crippen molar-refractivity contribution >= 4 is 39.8 Å². The number of hydrogen-bond donors (Lipinski definition) is 6. The number of amides is 2. The van der Waals surface area contributed by atoms with Gasteiger partial charge in [0.1, 0.15) is 17.2 Å². The van der Waals surface area contributed by atoms with E-state index < -0.39 is 12.0 Å². The Labute approximate surface area is 331 Å². The number of aliphatic hydroxyl groups excluding tert-OH is 1.